The average Bonchev–Trinajstić information content (AvgIpc) is 2.27. The molecule has 1 saturated heterocycles. The zero-order valence-electron chi connectivity index (χ0n) is 9.93. The summed E-state index contributed by atoms with van der Waals surface area (Å²) in [6, 6.07) is 0. The highest BCUT2D eigenvalue weighted by Gasteiger charge is 2.24. The van der Waals surface area contributed by atoms with Crippen LogP contribution in [0.2, 0.25) is 0 Å². The predicted molar refractivity (Wildman–Crippen MR) is 57.8 cm³/mol. The lowest BCUT2D eigenvalue weighted by molar-refractivity contribution is -0.138. The van der Waals surface area contributed by atoms with E-state index in [0.29, 0.717) is 18.9 Å². The first-order chi connectivity index (χ1) is 6.76. The molecule has 90 valence electrons. The number of hydrogen-bond donors (Lipinski definition) is 2. The summed E-state index contributed by atoms with van der Waals surface area (Å²) in [7, 11) is 0. The van der Waals surface area contributed by atoms with E-state index in [2.05, 4.69) is 4.74 Å². The number of nitrogens with zero attached hydrogens (tertiary/aromatic N) is 1. The van der Waals surface area contributed by atoms with Crippen LogP contribution in [0, 0.1) is 5.92 Å². The number of nitrogens with two attached hydrogens (primary N) is 1. The summed E-state index contributed by atoms with van der Waals surface area (Å²) in [5, 5.41) is 10.7. The molecule has 0 aromatic heterocycles. The summed E-state index contributed by atoms with van der Waals surface area (Å²) in [5.74, 6) is 5.74. The standard InChI is InChI=1S/C5H12N2O.C5H10O2/c1-4-2-7(6)3-5(4)8;1-5(2,3)7-4-6/h4-5,8H,2-3,6H2,1H3;4H,1-3H3/t4-,5-;/m1./s1. The monoisotopic (exact) mass is 218 g/mol. The van der Waals surface area contributed by atoms with Crippen molar-refractivity contribution < 1.29 is 14.6 Å². The molecule has 0 amide bonds. The van der Waals surface area contributed by atoms with Crippen LogP contribution in [0.1, 0.15) is 27.7 Å². The molecule has 2 atom stereocenters. The minimum atomic E-state index is -0.318. The lowest BCUT2D eigenvalue weighted by atomic mass is 10.1. The molecule has 1 fully saturated rings. The van der Waals surface area contributed by atoms with Crippen molar-refractivity contribution in [1.82, 2.24) is 5.01 Å². The summed E-state index contributed by atoms with van der Waals surface area (Å²) < 4.78 is 4.55. The van der Waals surface area contributed by atoms with Crippen molar-refractivity contribution in [3.63, 3.8) is 0 Å². The van der Waals surface area contributed by atoms with Gasteiger partial charge in [0.25, 0.3) is 6.47 Å². The molecule has 0 aliphatic carbocycles. The van der Waals surface area contributed by atoms with Crippen molar-refractivity contribution in [2.24, 2.45) is 11.8 Å². The maximum absolute atomic E-state index is 9.60. The van der Waals surface area contributed by atoms with Gasteiger partial charge in [0, 0.05) is 13.1 Å². The molecule has 5 nitrogen and oxygen atoms in total. The van der Waals surface area contributed by atoms with E-state index in [-0.39, 0.29) is 11.7 Å². The van der Waals surface area contributed by atoms with E-state index < -0.39 is 0 Å². The quantitative estimate of drug-likeness (QED) is 0.483. The van der Waals surface area contributed by atoms with Gasteiger partial charge in [-0.25, -0.2) is 5.01 Å². The van der Waals surface area contributed by atoms with Gasteiger partial charge < -0.3 is 9.84 Å². The summed E-state index contributed by atoms with van der Waals surface area (Å²) in [4.78, 5) is 9.60. The summed E-state index contributed by atoms with van der Waals surface area (Å²) >= 11 is 0. The van der Waals surface area contributed by atoms with Gasteiger partial charge in [-0.1, -0.05) is 6.92 Å². The first-order valence-electron chi connectivity index (χ1n) is 5.05. The Morgan fingerprint density at radius 1 is 1.47 bits per heavy atom. The van der Waals surface area contributed by atoms with Gasteiger partial charge in [0.05, 0.1) is 6.10 Å². The number of aliphatic hydroxyl groups excluding tert-OH is 1. The number of aliphatic hydroxyl groups is 1. The molecule has 3 N–H and O–H groups in total. The molecule has 0 bridgehead atoms. The van der Waals surface area contributed by atoms with E-state index in [9.17, 15) is 4.79 Å². The van der Waals surface area contributed by atoms with Gasteiger partial charge in [0.1, 0.15) is 5.60 Å². The molecule has 0 radical (unpaired) electrons. The molecule has 1 aliphatic rings. The number of hydrazine groups is 1. The van der Waals surface area contributed by atoms with Crippen molar-refractivity contribution >= 4 is 6.47 Å². The van der Waals surface area contributed by atoms with E-state index in [1.807, 2.05) is 27.7 Å². The van der Waals surface area contributed by atoms with E-state index in [1.54, 1.807) is 5.01 Å². The fourth-order valence-electron chi connectivity index (χ4n) is 1.13. The number of carbonyl (C=O) groups is 1. The Morgan fingerprint density at radius 3 is 2.07 bits per heavy atom. The minimum absolute atomic E-state index is 0.208. The van der Waals surface area contributed by atoms with Gasteiger partial charge in [0.15, 0.2) is 0 Å². The molecule has 0 saturated carbocycles. The maximum Gasteiger partial charge on any atom is 0.293 e. The molecule has 0 aromatic rings. The lowest BCUT2D eigenvalue weighted by Crippen LogP contribution is -2.28. The van der Waals surface area contributed by atoms with Crippen LogP contribution >= 0.6 is 0 Å². The largest absolute Gasteiger partial charge is 0.462 e. The summed E-state index contributed by atoms with van der Waals surface area (Å²) in [6.07, 6.45) is -0.208. The third kappa shape index (κ3) is 7.30. The molecule has 0 unspecified atom stereocenters. The Balaban J connectivity index is 0.000000265. The van der Waals surface area contributed by atoms with Crippen LogP contribution in [-0.4, -0.2) is 41.4 Å². The van der Waals surface area contributed by atoms with Crippen molar-refractivity contribution in [2.45, 2.75) is 39.4 Å². The fraction of sp³-hybridized carbons (Fsp3) is 0.900. The van der Waals surface area contributed by atoms with Crippen molar-refractivity contribution in [1.29, 1.82) is 0 Å². The minimum Gasteiger partial charge on any atom is -0.462 e. The molecule has 15 heavy (non-hydrogen) atoms. The molecular formula is C10H22N2O3. The Kier molecular flexibility index (Phi) is 5.79. The molecule has 1 aliphatic heterocycles. The Hall–Kier alpha value is -0.650. The third-order valence-electron chi connectivity index (χ3n) is 2.00. The van der Waals surface area contributed by atoms with Gasteiger partial charge in [-0.2, -0.15) is 0 Å². The summed E-state index contributed by atoms with van der Waals surface area (Å²) in [6.45, 7) is 9.37. The van der Waals surface area contributed by atoms with Crippen molar-refractivity contribution in [3.8, 4) is 0 Å². The van der Waals surface area contributed by atoms with Crippen LogP contribution in [0.3, 0.4) is 0 Å². The highest BCUT2D eigenvalue weighted by atomic mass is 16.5. The van der Waals surface area contributed by atoms with Crippen molar-refractivity contribution in [3.05, 3.63) is 0 Å². The zero-order valence-corrected chi connectivity index (χ0v) is 9.93. The molecule has 1 rings (SSSR count). The van der Waals surface area contributed by atoms with Crippen LogP contribution in [0.5, 0.6) is 0 Å². The smallest absolute Gasteiger partial charge is 0.293 e. The SMILES string of the molecule is CC(C)(C)OC=O.C[C@@H]1CN(N)C[C@H]1O. The second-order valence-corrected chi connectivity index (χ2v) is 4.82. The first kappa shape index (κ1) is 14.3. The Labute approximate surface area is 91.2 Å². The normalized spacial score (nSPS) is 26.8. The maximum atomic E-state index is 9.60. The van der Waals surface area contributed by atoms with Gasteiger partial charge in [-0.3, -0.25) is 10.6 Å². The van der Waals surface area contributed by atoms with Crippen LogP contribution in [0.4, 0.5) is 0 Å². The first-order valence-corrected chi connectivity index (χ1v) is 5.05. The van der Waals surface area contributed by atoms with Crippen molar-refractivity contribution in [2.75, 3.05) is 13.1 Å². The highest BCUT2D eigenvalue weighted by molar-refractivity contribution is 5.37. The van der Waals surface area contributed by atoms with E-state index >= 15 is 0 Å². The highest BCUT2D eigenvalue weighted by Crippen LogP contribution is 2.11. The lowest BCUT2D eigenvalue weighted by Gasteiger charge is -2.14. The van der Waals surface area contributed by atoms with E-state index in [0.717, 1.165) is 6.54 Å². The number of rotatable bonds is 1. The second-order valence-electron chi connectivity index (χ2n) is 4.82. The van der Waals surface area contributed by atoms with E-state index in [4.69, 9.17) is 10.9 Å². The molecule has 5 heteroatoms. The topological polar surface area (TPSA) is 75.8 Å². The second kappa shape index (κ2) is 6.05. The molecule has 0 spiro atoms. The van der Waals surface area contributed by atoms with Crippen LogP contribution in [-0.2, 0) is 9.53 Å². The number of hydrogen-bond acceptors (Lipinski definition) is 5. The van der Waals surface area contributed by atoms with Crippen LogP contribution in [0.25, 0.3) is 0 Å². The molecule has 0 aromatic carbocycles. The third-order valence-corrected chi connectivity index (χ3v) is 2.00. The molecule has 1 heterocycles. The Morgan fingerprint density at radius 2 is 2.00 bits per heavy atom. The van der Waals surface area contributed by atoms with Gasteiger partial charge >= 0.3 is 0 Å². The fourth-order valence-corrected chi connectivity index (χ4v) is 1.13. The van der Waals surface area contributed by atoms with Gasteiger partial charge in [-0.15, -0.1) is 0 Å². The zero-order chi connectivity index (χ0) is 12.1. The number of β-amino-alcohol motifs (C(OH)–C–C–N with tert-alkyl or cyclic N) is 1. The molecular weight excluding hydrogens is 196 g/mol. The predicted octanol–water partition coefficient (Wildman–Crippen LogP) is 0.131. The Bertz CT molecular complexity index is 182. The van der Waals surface area contributed by atoms with Gasteiger partial charge in [-0.05, 0) is 26.7 Å². The van der Waals surface area contributed by atoms with Crippen LogP contribution in [0.15, 0.2) is 0 Å². The average molecular weight is 218 g/mol. The number of carbonyl (C=O) groups excluding carboxylic acids is 1. The van der Waals surface area contributed by atoms with Gasteiger partial charge in [0.2, 0.25) is 0 Å². The van der Waals surface area contributed by atoms with Crippen LogP contribution < -0.4 is 5.84 Å². The summed E-state index contributed by atoms with van der Waals surface area (Å²) in [5.41, 5.74) is -0.318. The van der Waals surface area contributed by atoms with E-state index in [1.165, 1.54) is 0 Å². The number of ether oxygens (including phenoxy) is 1.